The SMILES string of the molecule is CNS(=O)(=O)CCCS(=O)Cc1ccc(F)cc1F. The molecule has 4 nitrogen and oxygen atoms in total. The van der Waals surface area contributed by atoms with Crippen LogP contribution in [0, 0.1) is 11.6 Å². The lowest BCUT2D eigenvalue weighted by atomic mass is 10.2. The number of sulfonamides is 1. The van der Waals surface area contributed by atoms with Crippen molar-refractivity contribution in [3.05, 3.63) is 35.4 Å². The first-order valence-corrected chi connectivity index (χ1v) is 8.68. The molecule has 1 rings (SSSR count). The molecule has 0 radical (unpaired) electrons. The van der Waals surface area contributed by atoms with Crippen LogP contribution in [0.4, 0.5) is 8.78 Å². The molecule has 0 saturated carbocycles. The molecule has 0 fully saturated rings. The maximum atomic E-state index is 13.3. The minimum atomic E-state index is -3.31. The van der Waals surface area contributed by atoms with Crippen molar-refractivity contribution in [2.75, 3.05) is 18.6 Å². The average molecular weight is 311 g/mol. The summed E-state index contributed by atoms with van der Waals surface area (Å²) in [5, 5.41) is 0. The maximum Gasteiger partial charge on any atom is 0.211 e. The van der Waals surface area contributed by atoms with E-state index in [1.807, 2.05) is 0 Å². The monoisotopic (exact) mass is 311 g/mol. The van der Waals surface area contributed by atoms with Gasteiger partial charge in [0.2, 0.25) is 10.0 Å². The molecule has 1 aromatic carbocycles. The van der Waals surface area contributed by atoms with Crippen LogP contribution < -0.4 is 4.72 Å². The Bertz CT molecular complexity index is 561. The van der Waals surface area contributed by atoms with Crippen molar-refractivity contribution in [2.24, 2.45) is 0 Å². The lowest BCUT2D eigenvalue weighted by molar-refractivity contribution is 0.575. The Balaban J connectivity index is 2.48. The van der Waals surface area contributed by atoms with Gasteiger partial charge in [-0.1, -0.05) is 6.07 Å². The Kier molecular flexibility index (Phi) is 6.02. The Labute approximate surface area is 113 Å². The summed E-state index contributed by atoms with van der Waals surface area (Å²) in [4.78, 5) is 0. The molecule has 0 aliphatic heterocycles. The maximum absolute atomic E-state index is 13.3. The predicted molar refractivity (Wildman–Crippen MR) is 70.5 cm³/mol. The number of benzene rings is 1. The van der Waals surface area contributed by atoms with Crippen LogP contribution in [0.2, 0.25) is 0 Å². The third-order valence-corrected chi connectivity index (χ3v) is 5.25. The van der Waals surface area contributed by atoms with Crippen LogP contribution in [-0.2, 0) is 26.6 Å². The van der Waals surface area contributed by atoms with Crippen molar-refractivity contribution >= 4 is 20.8 Å². The summed E-state index contributed by atoms with van der Waals surface area (Å²) < 4.78 is 62.0. The highest BCUT2D eigenvalue weighted by Gasteiger charge is 2.11. The minimum absolute atomic E-state index is 0.0499. The lowest BCUT2D eigenvalue weighted by Gasteiger charge is -2.05. The van der Waals surface area contributed by atoms with E-state index in [2.05, 4.69) is 4.72 Å². The Morgan fingerprint density at radius 1 is 1.32 bits per heavy atom. The van der Waals surface area contributed by atoms with Gasteiger partial charge in [0.25, 0.3) is 0 Å². The van der Waals surface area contributed by atoms with E-state index >= 15 is 0 Å². The summed E-state index contributed by atoms with van der Waals surface area (Å²) >= 11 is 0. The Hall–Kier alpha value is -0.860. The third-order valence-electron chi connectivity index (χ3n) is 2.43. The van der Waals surface area contributed by atoms with E-state index < -0.39 is 32.5 Å². The molecular formula is C11H15F2NO3S2. The Morgan fingerprint density at radius 3 is 2.58 bits per heavy atom. The smallest absolute Gasteiger partial charge is 0.211 e. The van der Waals surface area contributed by atoms with E-state index in [0.29, 0.717) is 0 Å². The zero-order chi connectivity index (χ0) is 14.5. The molecule has 1 atom stereocenters. The number of hydrogen-bond acceptors (Lipinski definition) is 3. The summed E-state index contributed by atoms with van der Waals surface area (Å²) in [6, 6.07) is 3.08. The third kappa shape index (κ3) is 5.75. The van der Waals surface area contributed by atoms with Gasteiger partial charge in [-0.25, -0.2) is 21.9 Å². The van der Waals surface area contributed by atoms with E-state index in [1.54, 1.807) is 0 Å². The number of halogens is 2. The van der Waals surface area contributed by atoms with Gasteiger partial charge in [-0.15, -0.1) is 0 Å². The predicted octanol–water partition coefficient (Wildman–Crippen LogP) is 1.15. The molecule has 0 spiro atoms. The van der Waals surface area contributed by atoms with Gasteiger partial charge in [-0.3, -0.25) is 4.21 Å². The summed E-state index contributed by atoms with van der Waals surface area (Å²) in [6.45, 7) is 0. The quantitative estimate of drug-likeness (QED) is 0.822. The van der Waals surface area contributed by atoms with Crippen molar-refractivity contribution < 1.29 is 21.4 Å². The van der Waals surface area contributed by atoms with Crippen molar-refractivity contribution in [1.82, 2.24) is 4.72 Å². The van der Waals surface area contributed by atoms with Crippen LogP contribution in [0.1, 0.15) is 12.0 Å². The molecule has 1 unspecified atom stereocenters. The fraction of sp³-hybridized carbons (Fsp3) is 0.455. The lowest BCUT2D eigenvalue weighted by Crippen LogP contribution is -2.23. The van der Waals surface area contributed by atoms with E-state index in [4.69, 9.17) is 0 Å². The zero-order valence-electron chi connectivity index (χ0n) is 10.4. The second-order valence-electron chi connectivity index (χ2n) is 3.90. The highest BCUT2D eigenvalue weighted by atomic mass is 32.2. The van der Waals surface area contributed by atoms with Gasteiger partial charge in [-0.2, -0.15) is 0 Å². The Morgan fingerprint density at radius 2 is 2.00 bits per heavy atom. The van der Waals surface area contributed by atoms with Crippen molar-refractivity contribution in [3.8, 4) is 0 Å². The first kappa shape index (κ1) is 16.2. The minimum Gasteiger partial charge on any atom is -0.259 e. The molecule has 0 saturated heterocycles. The van der Waals surface area contributed by atoms with Crippen LogP contribution in [0.3, 0.4) is 0 Å². The van der Waals surface area contributed by atoms with Crippen LogP contribution in [0.25, 0.3) is 0 Å². The van der Waals surface area contributed by atoms with Gasteiger partial charge in [0, 0.05) is 28.2 Å². The van der Waals surface area contributed by atoms with Gasteiger partial charge in [0.05, 0.1) is 11.5 Å². The first-order chi connectivity index (χ1) is 8.84. The topological polar surface area (TPSA) is 63.2 Å². The van der Waals surface area contributed by atoms with E-state index in [9.17, 15) is 21.4 Å². The summed E-state index contributed by atoms with van der Waals surface area (Å²) in [7, 11) is -3.38. The van der Waals surface area contributed by atoms with E-state index in [1.165, 1.54) is 13.1 Å². The molecule has 19 heavy (non-hydrogen) atoms. The fourth-order valence-electron chi connectivity index (χ4n) is 1.40. The second-order valence-corrected chi connectivity index (χ2v) is 7.52. The van der Waals surface area contributed by atoms with Crippen LogP contribution in [0.15, 0.2) is 18.2 Å². The molecule has 8 heteroatoms. The molecule has 0 aromatic heterocycles. The molecule has 1 N–H and O–H groups in total. The van der Waals surface area contributed by atoms with Gasteiger partial charge in [-0.05, 0) is 19.5 Å². The molecule has 0 heterocycles. The van der Waals surface area contributed by atoms with Gasteiger partial charge in [0.15, 0.2) is 0 Å². The van der Waals surface area contributed by atoms with E-state index in [0.717, 1.165) is 12.1 Å². The summed E-state index contributed by atoms with van der Waals surface area (Å²) in [5.41, 5.74) is 0.163. The fourth-order valence-corrected chi connectivity index (χ4v) is 3.50. The molecule has 0 amide bonds. The largest absolute Gasteiger partial charge is 0.259 e. The van der Waals surface area contributed by atoms with Gasteiger partial charge < -0.3 is 0 Å². The number of nitrogens with one attached hydrogen (secondary N) is 1. The van der Waals surface area contributed by atoms with Crippen molar-refractivity contribution in [3.63, 3.8) is 0 Å². The van der Waals surface area contributed by atoms with Crippen molar-refractivity contribution in [2.45, 2.75) is 12.2 Å². The molecule has 0 aliphatic rings. The zero-order valence-corrected chi connectivity index (χ0v) is 12.0. The average Bonchev–Trinajstić information content (AvgIpc) is 2.32. The summed E-state index contributed by atoms with van der Waals surface area (Å²) in [6.07, 6.45) is 0.221. The molecule has 1 aromatic rings. The van der Waals surface area contributed by atoms with Gasteiger partial charge >= 0.3 is 0 Å². The molecule has 108 valence electrons. The number of rotatable bonds is 7. The van der Waals surface area contributed by atoms with Gasteiger partial charge in [0.1, 0.15) is 11.6 Å². The summed E-state index contributed by atoms with van der Waals surface area (Å²) in [5.74, 6) is -1.45. The standard InChI is InChI=1S/C11H15F2NO3S2/c1-14-19(16,17)6-2-5-18(15)8-9-3-4-10(12)7-11(9)13/h3-4,7,14H,2,5-6,8H2,1H3. The molecule has 0 bridgehead atoms. The second kappa shape index (κ2) is 7.06. The highest BCUT2D eigenvalue weighted by molar-refractivity contribution is 7.89. The van der Waals surface area contributed by atoms with Crippen LogP contribution in [-0.4, -0.2) is 31.2 Å². The highest BCUT2D eigenvalue weighted by Crippen LogP contribution is 2.12. The van der Waals surface area contributed by atoms with Crippen LogP contribution in [0.5, 0.6) is 0 Å². The first-order valence-electron chi connectivity index (χ1n) is 5.54. The van der Waals surface area contributed by atoms with Crippen LogP contribution >= 0.6 is 0 Å². The number of hydrogen-bond donors (Lipinski definition) is 1. The van der Waals surface area contributed by atoms with Crippen molar-refractivity contribution in [1.29, 1.82) is 0 Å². The normalized spacial score (nSPS) is 13.4. The molecule has 0 aliphatic carbocycles. The molecular weight excluding hydrogens is 296 g/mol. The van der Waals surface area contributed by atoms with E-state index in [-0.39, 0.29) is 29.2 Å².